The first-order chi connectivity index (χ1) is 12.5. The molecule has 140 valence electrons. The van der Waals surface area contributed by atoms with Crippen LogP contribution in [0.15, 0.2) is 29.2 Å². The van der Waals surface area contributed by atoms with Crippen LogP contribution in [0.1, 0.15) is 55.3 Å². The fourth-order valence-electron chi connectivity index (χ4n) is 4.16. The Kier molecular flexibility index (Phi) is 4.61. The van der Waals surface area contributed by atoms with Gasteiger partial charge in [0.05, 0.1) is 4.90 Å². The third-order valence-electron chi connectivity index (χ3n) is 5.67. The van der Waals surface area contributed by atoms with Gasteiger partial charge in [0.25, 0.3) is 5.91 Å². The second-order valence-electron chi connectivity index (χ2n) is 7.60. The van der Waals surface area contributed by atoms with Crippen LogP contribution in [0, 0.1) is 5.92 Å². The average molecular weight is 376 g/mol. The van der Waals surface area contributed by atoms with Crippen LogP contribution in [-0.2, 0) is 14.8 Å². The SMILES string of the molecule is O=C1CCCC1C1CCCN1C(=O)c1cccc(S(=O)(=O)NC2CC2)c1. The molecule has 0 radical (unpaired) electrons. The van der Waals surface area contributed by atoms with Gasteiger partial charge < -0.3 is 4.90 Å². The van der Waals surface area contributed by atoms with Crippen molar-refractivity contribution in [3.63, 3.8) is 0 Å². The number of nitrogens with zero attached hydrogens (tertiary/aromatic N) is 1. The van der Waals surface area contributed by atoms with E-state index in [-0.39, 0.29) is 34.6 Å². The van der Waals surface area contributed by atoms with Crippen LogP contribution in [0.4, 0.5) is 0 Å². The molecule has 7 heteroatoms. The molecule has 1 aliphatic heterocycles. The molecule has 2 unspecified atom stereocenters. The van der Waals surface area contributed by atoms with Gasteiger partial charge in [0.15, 0.2) is 0 Å². The number of benzene rings is 1. The zero-order chi connectivity index (χ0) is 18.3. The maximum Gasteiger partial charge on any atom is 0.254 e. The number of Topliss-reactive ketones (excluding diaryl/α,β-unsaturated/α-hetero) is 1. The number of ketones is 1. The van der Waals surface area contributed by atoms with E-state index < -0.39 is 10.0 Å². The molecule has 1 heterocycles. The molecule has 0 bridgehead atoms. The number of sulfonamides is 1. The summed E-state index contributed by atoms with van der Waals surface area (Å²) < 4.78 is 27.5. The minimum absolute atomic E-state index is 0.0238. The van der Waals surface area contributed by atoms with Crippen LogP contribution < -0.4 is 4.72 Å². The molecule has 26 heavy (non-hydrogen) atoms. The average Bonchev–Trinajstić information content (AvgIpc) is 3.12. The quantitative estimate of drug-likeness (QED) is 0.853. The van der Waals surface area contributed by atoms with Gasteiger partial charge in [-0.25, -0.2) is 13.1 Å². The highest BCUT2D eigenvalue weighted by Crippen LogP contribution is 2.34. The first-order valence-corrected chi connectivity index (χ1v) is 10.9. The predicted molar refractivity (Wildman–Crippen MR) is 96.2 cm³/mol. The van der Waals surface area contributed by atoms with Crippen LogP contribution >= 0.6 is 0 Å². The van der Waals surface area contributed by atoms with E-state index in [2.05, 4.69) is 4.72 Å². The predicted octanol–water partition coefficient (Wildman–Crippen LogP) is 2.10. The number of hydrogen-bond donors (Lipinski definition) is 1. The van der Waals surface area contributed by atoms with Crippen molar-refractivity contribution in [1.82, 2.24) is 9.62 Å². The van der Waals surface area contributed by atoms with Gasteiger partial charge >= 0.3 is 0 Å². The van der Waals surface area contributed by atoms with Crippen molar-refractivity contribution >= 4 is 21.7 Å². The summed E-state index contributed by atoms with van der Waals surface area (Å²) in [5.74, 6) is 0.0419. The molecule has 0 aromatic heterocycles. The fraction of sp³-hybridized carbons (Fsp3) is 0.579. The summed E-state index contributed by atoms with van der Waals surface area (Å²) in [7, 11) is -3.59. The van der Waals surface area contributed by atoms with E-state index in [1.54, 1.807) is 17.0 Å². The Labute approximate surface area is 154 Å². The van der Waals surface area contributed by atoms with Crippen LogP contribution in [-0.4, -0.2) is 43.6 Å². The van der Waals surface area contributed by atoms with E-state index in [9.17, 15) is 18.0 Å². The highest BCUT2D eigenvalue weighted by molar-refractivity contribution is 7.89. The monoisotopic (exact) mass is 376 g/mol. The maximum absolute atomic E-state index is 13.0. The summed E-state index contributed by atoms with van der Waals surface area (Å²) >= 11 is 0. The number of likely N-dealkylation sites (tertiary alicyclic amines) is 1. The zero-order valence-corrected chi connectivity index (χ0v) is 15.5. The topological polar surface area (TPSA) is 83.6 Å². The summed E-state index contributed by atoms with van der Waals surface area (Å²) in [6.45, 7) is 0.630. The van der Waals surface area contributed by atoms with Gasteiger partial charge in [-0.1, -0.05) is 6.07 Å². The molecule has 2 aliphatic carbocycles. The highest BCUT2D eigenvalue weighted by atomic mass is 32.2. The molecule has 1 aromatic rings. The van der Waals surface area contributed by atoms with Gasteiger partial charge in [0.2, 0.25) is 10.0 Å². The van der Waals surface area contributed by atoms with Crippen molar-refractivity contribution < 1.29 is 18.0 Å². The Balaban J connectivity index is 1.56. The number of amides is 1. The number of nitrogens with one attached hydrogen (secondary N) is 1. The van der Waals surface area contributed by atoms with Crippen molar-refractivity contribution in [2.24, 2.45) is 5.92 Å². The van der Waals surface area contributed by atoms with Crippen molar-refractivity contribution in [1.29, 1.82) is 0 Å². The van der Waals surface area contributed by atoms with Gasteiger partial charge in [-0.3, -0.25) is 9.59 Å². The standard InChI is InChI=1S/C19H24N2O4S/c22-18-8-2-6-16(18)17-7-3-11-21(17)19(23)13-4-1-5-15(12-13)26(24,25)20-14-9-10-14/h1,4-5,12,14,16-17,20H,2-3,6-11H2. The molecule has 6 nitrogen and oxygen atoms in total. The van der Waals surface area contributed by atoms with Crippen molar-refractivity contribution in [2.75, 3.05) is 6.54 Å². The summed E-state index contributed by atoms with van der Waals surface area (Å²) in [4.78, 5) is 27.1. The minimum Gasteiger partial charge on any atom is -0.335 e. The summed E-state index contributed by atoms with van der Waals surface area (Å²) in [5.41, 5.74) is 0.376. The Morgan fingerprint density at radius 1 is 1.12 bits per heavy atom. The first-order valence-electron chi connectivity index (χ1n) is 9.42. The molecule has 2 atom stereocenters. The lowest BCUT2D eigenvalue weighted by atomic mass is 9.94. The largest absolute Gasteiger partial charge is 0.335 e. The van der Waals surface area contributed by atoms with E-state index in [1.807, 2.05) is 0 Å². The van der Waals surface area contributed by atoms with Crippen molar-refractivity contribution in [3.8, 4) is 0 Å². The van der Waals surface area contributed by atoms with Gasteiger partial charge in [-0.2, -0.15) is 0 Å². The maximum atomic E-state index is 13.0. The second kappa shape index (κ2) is 6.78. The molecular formula is C19H24N2O4S. The number of carbonyl (C=O) groups is 2. The summed E-state index contributed by atoms with van der Waals surface area (Å²) in [6, 6.07) is 6.23. The number of carbonyl (C=O) groups excluding carboxylic acids is 2. The molecule has 2 saturated carbocycles. The zero-order valence-electron chi connectivity index (χ0n) is 14.7. The fourth-order valence-corrected chi connectivity index (χ4v) is 5.51. The number of rotatable bonds is 5. The Hall–Kier alpha value is -1.73. The lowest BCUT2D eigenvalue weighted by molar-refractivity contribution is -0.121. The van der Waals surface area contributed by atoms with E-state index in [4.69, 9.17) is 0 Å². The van der Waals surface area contributed by atoms with Gasteiger partial charge in [0, 0.05) is 36.5 Å². The summed E-state index contributed by atoms with van der Waals surface area (Å²) in [5, 5.41) is 0. The molecule has 1 saturated heterocycles. The lowest BCUT2D eigenvalue weighted by Gasteiger charge is -2.28. The lowest BCUT2D eigenvalue weighted by Crippen LogP contribution is -2.41. The third kappa shape index (κ3) is 3.42. The third-order valence-corrected chi connectivity index (χ3v) is 7.19. The normalized spacial score (nSPS) is 26.5. The minimum atomic E-state index is -3.59. The first kappa shape index (κ1) is 17.7. The summed E-state index contributed by atoms with van der Waals surface area (Å²) in [6.07, 6.45) is 5.84. The Bertz CT molecular complexity index is 832. The number of hydrogen-bond acceptors (Lipinski definition) is 4. The van der Waals surface area contributed by atoms with Crippen LogP contribution in [0.5, 0.6) is 0 Å². The molecule has 1 amide bonds. The van der Waals surface area contributed by atoms with Crippen LogP contribution in [0.2, 0.25) is 0 Å². The molecule has 4 rings (SSSR count). The van der Waals surface area contributed by atoms with E-state index in [1.165, 1.54) is 12.1 Å². The molecule has 1 aromatic carbocycles. The highest BCUT2D eigenvalue weighted by Gasteiger charge is 2.40. The van der Waals surface area contributed by atoms with Gasteiger partial charge in [-0.05, 0) is 56.7 Å². The Morgan fingerprint density at radius 3 is 2.62 bits per heavy atom. The van der Waals surface area contributed by atoms with Gasteiger partial charge in [0.1, 0.15) is 5.78 Å². The molecule has 3 aliphatic rings. The Morgan fingerprint density at radius 2 is 1.92 bits per heavy atom. The van der Waals surface area contributed by atoms with E-state index >= 15 is 0 Å². The smallest absolute Gasteiger partial charge is 0.254 e. The van der Waals surface area contributed by atoms with E-state index in [0.29, 0.717) is 18.5 Å². The van der Waals surface area contributed by atoms with Crippen LogP contribution in [0.3, 0.4) is 0 Å². The molecular weight excluding hydrogens is 352 g/mol. The van der Waals surface area contributed by atoms with E-state index in [0.717, 1.165) is 38.5 Å². The second-order valence-corrected chi connectivity index (χ2v) is 9.31. The van der Waals surface area contributed by atoms with Crippen molar-refractivity contribution in [3.05, 3.63) is 29.8 Å². The molecule has 1 N–H and O–H groups in total. The molecule has 0 spiro atoms. The van der Waals surface area contributed by atoms with Gasteiger partial charge in [-0.15, -0.1) is 0 Å². The molecule has 3 fully saturated rings. The van der Waals surface area contributed by atoms with Crippen molar-refractivity contribution in [2.45, 2.75) is 61.9 Å². The van der Waals surface area contributed by atoms with Crippen LogP contribution in [0.25, 0.3) is 0 Å².